The van der Waals surface area contributed by atoms with Crippen LogP contribution in [0.1, 0.15) is 69.1 Å². The summed E-state index contributed by atoms with van der Waals surface area (Å²) in [6, 6.07) is 2.33. The third kappa shape index (κ3) is 4.67. The molecule has 8 nitrogen and oxygen atoms in total. The Bertz CT molecular complexity index is 760. The van der Waals surface area contributed by atoms with E-state index in [1.807, 2.05) is 10.7 Å². The quantitative estimate of drug-likeness (QED) is 0.572. The summed E-state index contributed by atoms with van der Waals surface area (Å²) in [4.78, 5) is 8.90. The molecule has 1 atom stereocenters. The third-order valence-electron chi connectivity index (χ3n) is 5.19. The van der Waals surface area contributed by atoms with Crippen molar-refractivity contribution >= 4 is 5.96 Å². The lowest BCUT2D eigenvalue weighted by Crippen LogP contribution is -2.46. The number of guanidine groups is 1. The molecule has 8 heteroatoms. The fourth-order valence-corrected chi connectivity index (χ4v) is 3.50. The molecule has 1 unspecified atom stereocenters. The van der Waals surface area contributed by atoms with Crippen molar-refractivity contribution < 1.29 is 4.52 Å². The number of hydrogen-bond acceptors (Lipinski definition) is 5. The normalized spacial score (nSPS) is 17.2. The fraction of sp³-hybridized carbons (Fsp3) is 0.684. The Labute approximate surface area is 160 Å². The highest BCUT2D eigenvalue weighted by atomic mass is 16.5. The maximum Gasteiger partial charge on any atom is 0.191 e. The van der Waals surface area contributed by atoms with E-state index in [1.165, 1.54) is 0 Å². The summed E-state index contributed by atoms with van der Waals surface area (Å²) in [6.07, 6.45) is 4.97. The van der Waals surface area contributed by atoms with E-state index in [4.69, 9.17) is 4.52 Å². The highest BCUT2D eigenvalue weighted by molar-refractivity contribution is 5.79. The largest absolute Gasteiger partial charge is 0.359 e. The predicted octanol–water partition coefficient (Wildman–Crippen LogP) is 2.41. The number of aromatic nitrogens is 4. The van der Waals surface area contributed by atoms with Gasteiger partial charge in [-0.3, -0.25) is 4.99 Å². The van der Waals surface area contributed by atoms with E-state index in [0.29, 0.717) is 12.5 Å². The van der Waals surface area contributed by atoms with E-state index in [2.05, 4.69) is 51.6 Å². The molecule has 0 aromatic carbocycles. The van der Waals surface area contributed by atoms with Crippen molar-refractivity contribution in [3.8, 4) is 0 Å². The lowest BCUT2D eigenvalue weighted by atomic mass is 9.99. The first-order valence-corrected chi connectivity index (χ1v) is 10.0. The Morgan fingerprint density at radius 3 is 2.89 bits per heavy atom. The van der Waals surface area contributed by atoms with E-state index in [9.17, 15) is 0 Å². The van der Waals surface area contributed by atoms with Crippen LogP contribution in [-0.4, -0.2) is 39.0 Å². The summed E-state index contributed by atoms with van der Waals surface area (Å²) >= 11 is 0. The number of aliphatic imine (C=N–C) groups is 1. The zero-order chi connectivity index (χ0) is 19.2. The van der Waals surface area contributed by atoms with Crippen molar-refractivity contribution in [3.05, 3.63) is 29.2 Å². The Balaban J connectivity index is 1.53. The molecule has 148 valence electrons. The second-order valence-electron chi connectivity index (χ2n) is 7.02. The van der Waals surface area contributed by atoms with E-state index in [-0.39, 0.29) is 6.04 Å². The number of fused-ring (bicyclic) bond motifs is 1. The van der Waals surface area contributed by atoms with Gasteiger partial charge >= 0.3 is 0 Å². The first-order valence-electron chi connectivity index (χ1n) is 10.0. The molecule has 1 aliphatic rings. The first kappa shape index (κ1) is 19.4. The summed E-state index contributed by atoms with van der Waals surface area (Å²) < 4.78 is 7.50. The average Bonchev–Trinajstić information content (AvgIpc) is 3.32. The van der Waals surface area contributed by atoms with Crippen LogP contribution >= 0.6 is 0 Å². The van der Waals surface area contributed by atoms with Crippen LogP contribution < -0.4 is 10.6 Å². The van der Waals surface area contributed by atoms with Crippen molar-refractivity contribution in [2.75, 3.05) is 7.05 Å². The van der Waals surface area contributed by atoms with Crippen LogP contribution in [-0.2, 0) is 25.9 Å². The molecule has 2 aromatic rings. The molecule has 0 fully saturated rings. The summed E-state index contributed by atoms with van der Waals surface area (Å²) in [6.45, 7) is 7.82. The van der Waals surface area contributed by atoms with Crippen molar-refractivity contribution in [1.82, 2.24) is 30.6 Å². The predicted molar refractivity (Wildman–Crippen MR) is 105 cm³/mol. The van der Waals surface area contributed by atoms with E-state index < -0.39 is 0 Å². The molecule has 3 rings (SSSR count). The molecular weight excluding hydrogens is 342 g/mol. The Morgan fingerprint density at radius 1 is 1.37 bits per heavy atom. The van der Waals surface area contributed by atoms with Crippen LogP contribution in [0.3, 0.4) is 0 Å². The summed E-state index contributed by atoms with van der Waals surface area (Å²) in [5.41, 5.74) is 1.04. The maximum atomic E-state index is 5.48. The van der Waals surface area contributed by atoms with Crippen molar-refractivity contribution in [2.45, 2.75) is 77.9 Å². The smallest absolute Gasteiger partial charge is 0.191 e. The number of rotatable bonds is 7. The molecule has 27 heavy (non-hydrogen) atoms. The lowest BCUT2D eigenvalue weighted by Gasteiger charge is -2.25. The van der Waals surface area contributed by atoms with Gasteiger partial charge in [-0.05, 0) is 19.3 Å². The summed E-state index contributed by atoms with van der Waals surface area (Å²) in [5.74, 6) is 4.07. The highest BCUT2D eigenvalue weighted by Crippen LogP contribution is 2.22. The Hall–Kier alpha value is -2.38. The second-order valence-corrected chi connectivity index (χ2v) is 7.02. The van der Waals surface area contributed by atoms with Crippen LogP contribution in [0.15, 0.2) is 15.6 Å². The minimum Gasteiger partial charge on any atom is -0.359 e. The van der Waals surface area contributed by atoms with Gasteiger partial charge in [0.15, 0.2) is 17.5 Å². The van der Waals surface area contributed by atoms with Gasteiger partial charge in [-0.25, -0.2) is 9.67 Å². The molecule has 0 spiro atoms. The van der Waals surface area contributed by atoms with Crippen LogP contribution in [0.25, 0.3) is 0 Å². The van der Waals surface area contributed by atoms with Gasteiger partial charge in [0.2, 0.25) is 0 Å². The van der Waals surface area contributed by atoms with Gasteiger partial charge in [0.25, 0.3) is 0 Å². The number of aryl methyl sites for hydroxylation is 2. The van der Waals surface area contributed by atoms with E-state index >= 15 is 0 Å². The minimum atomic E-state index is 0.282. The van der Waals surface area contributed by atoms with Crippen LogP contribution in [0.5, 0.6) is 0 Å². The highest BCUT2D eigenvalue weighted by Gasteiger charge is 2.22. The van der Waals surface area contributed by atoms with Gasteiger partial charge in [0, 0.05) is 37.9 Å². The molecule has 2 aromatic heterocycles. The van der Waals surface area contributed by atoms with Gasteiger partial charge in [0.1, 0.15) is 5.82 Å². The molecule has 3 heterocycles. The maximum absolute atomic E-state index is 5.48. The Morgan fingerprint density at radius 2 is 2.19 bits per heavy atom. The monoisotopic (exact) mass is 373 g/mol. The topological polar surface area (TPSA) is 93.2 Å². The minimum absolute atomic E-state index is 0.282. The van der Waals surface area contributed by atoms with Gasteiger partial charge < -0.3 is 15.2 Å². The van der Waals surface area contributed by atoms with Crippen LogP contribution in [0, 0.1) is 0 Å². The molecule has 0 radical (unpaired) electrons. The number of hydrogen-bond donors (Lipinski definition) is 2. The van der Waals surface area contributed by atoms with Crippen molar-refractivity contribution in [3.63, 3.8) is 0 Å². The summed E-state index contributed by atoms with van der Waals surface area (Å²) in [7, 11) is 1.78. The van der Waals surface area contributed by atoms with Gasteiger partial charge in [-0.2, -0.15) is 5.10 Å². The molecule has 0 amide bonds. The number of nitrogens with zero attached hydrogens (tertiary/aromatic N) is 5. The Kier molecular flexibility index (Phi) is 6.47. The standard InChI is InChI=1S/C19H31N7O/c1-5-13(6-2)16-10-15(27-25-16)11-21-19(20-4)22-14-8-9-18-23-17(7-3)24-26(18)12-14/h10,13-14H,5-9,11-12H2,1-4H3,(H2,20,21,22). The number of nitrogens with one attached hydrogen (secondary N) is 2. The summed E-state index contributed by atoms with van der Waals surface area (Å²) in [5, 5.41) is 15.6. The van der Waals surface area contributed by atoms with Crippen molar-refractivity contribution in [2.24, 2.45) is 4.99 Å². The van der Waals surface area contributed by atoms with Gasteiger partial charge in [-0.15, -0.1) is 0 Å². The fourth-order valence-electron chi connectivity index (χ4n) is 3.50. The van der Waals surface area contributed by atoms with Gasteiger partial charge in [-0.1, -0.05) is 25.9 Å². The average molecular weight is 374 g/mol. The van der Waals surface area contributed by atoms with E-state index in [1.54, 1.807) is 7.05 Å². The molecule has 1 aliphatic heterocycles. The molecule has 2 N–H and O–H groups in total. The molecule has 0 bridgehead atoms. The molecule has 0 saturated carbocycles. The SMILES string of the molecule is CCc1nc2n(n1)CC(NC(=NC)NCc1cc(C(CC)CC)no1)CC2. The lowest BCUT2D eigenvalue weighted by molar-refractivity contribution is 0.365. The zero-order valence-corrected chi connectivity index (χ0v) is 16.8. The molecule has 0 aliphatic carbocycles. The van der Waals surface area contributed by atoms with Crippen LogP contribution in [0.4, 0.5) is 0 Å². The van der Waals surface area contributed by atoms with Crippen LogP contribution in [0.2, 0.25) is 0 Å². The molecule has 0 saturated heterocycles. The van der Waals surface area contributed by atoms with Gasteiger partial charge in [0.05, 0.1) is 18.8 Å². The second kappa shape index (κ2) is 9.01. The third-order valence-corrected chi connectivity index (χ3v) is 5.19. The van der Waals surface area contributed by atoms with E-state index in [0.717, 1.165) is 67.7 Å². The first-order chi connectivity index (χ1) is 13.2. The zero-order valence-electron chi connectivity index (χ0n) is 16.8. The van der Waals surface area contributed by atoms with Crippen molar-refractivity contribution in [1.29, 1.82) is 0 Å². The molecular formula is C19H31N7O.